The van der Waals surface area contributed by atoms with Crippen LogP contribution in [0.2, 0.25) is 5.02 Å². The summed E-state index contributed by atoms with van der Waals surface area (Å²) in [7, 11) is 3.41. The second-order valence-corrected chi connectivity index (χ2v) is 8.09. The molecule has 2 aromatic carbocycles. The summed E-state index contributed by atoms with van der Waals surface area (Å²) in [6.07, 6.45) is 2.13. The van der Waals surface area contributed by atoms with Gasteiger partial charge < -0.3 is 14.6 Å². The maximum absolute atomic E-state index is 13.1. The molecular weight excluding hydrogens is 428 g/mol. The van der Waals surface area contributed by atoms with E-state index in [4.69, 9.17) is 16.0 Å². The van der Waals surface area contributed by atoms with Crippen LogP contribution in [0.5, 0.6) is 0 Å². The number of halogens is 1. The molecule has 0 aliphatic carbocycles. The number of nitrogens with zero attached hydrogens (tertiary/aromatic N) is 3. The standard InChI is InChI=1S/C24H23ClN4O3/c1-28(2)24(31)17-7-11-19(12-8-17)26-15-23(30)29-21(22-4-3-13-32-22)14-20(27-29)16-5-9-18(25)10-6-16/h3-13,21,26H,14-15H2,1-2H3/t21-/m0/s1. The van der Waals surface area contributed by atoms with Gasteiger partial charge in [0.05, 0.1) is 18.5 Å². The van der Waals surface area contributed by atoms with Crippen LogP contribution in [0.3, 0.4) is 0 Å². The summed E-state index contributed by atoms with van der Waals surface area (Å²) >= 11 is 6.00. The van der Waals surface area contributed by atoms with E-state index in [1.54, 1.807) is 62.8 Å². The van der Waals surface area contributed by atoms with Crippen molar-refractivity contribution in [2.75, 3.05) is 26.0 Å². The summed E-state index contributed by atoms with van der Waals surface area (Å²) < 4.78 is 5.57. The van der Waals surface area contributed by atoms with E-state index in [2.05, 4.69) is 10.4 Å². The Morgan fingerprint density at radius 3 is 2.47 bits per heavy atom. The number of carbonyl (C=O) groups excluding carboxylic acids is 2. The minimum absolute atomic E-state index is 0.0512. The average Bonchev–Trinajstić information content (AvgIpc) is 3.48. The molecule has 7 nitrogen and oxygen atoms in total. The van der Waals surface area contributed by atoms with Crippen LogP contribution in [0.1, 0.15) is 34.1 Å². The van der Waals surface area contributed by atoms with Gasteiger partial charge in [0.1, 0.15) is 11.8 Å². The van der Waals surface area contributed by atoms with Crippen LogP contribution in [-0.4, -0.2) is 48.1 Å². The number of carbonyl (C=O) groups is 2. The van der Waals surface area contributed by atoms with E-state index in [-0.39, 0.29) is 24.4 Å². The highest BCUT2D eigenvalue weighted by molar-refractivity contribution is 6.30. The molecule has 0 spiro atoms. The van der Waals surface area contributed by atoms with Gasteiger partial charge in [-0.15, -0.1) is 0 Å². The van der Waals surface area contributed by atoms with E-state index in [1.807, 2.05) is 18.2 Å². The zero-order valence-electron chi connectivity index (χ0n) is 17.8. The molecule has 0 fully saturated rings. The van der Waals surface area contributed by atoms with E-state index >= 15 is 0 Å². The molecule has 1 N–H and O–H groups in total. The largest absolute Gasteiger partial charge is 0.467 e. The van der Waals surface area contributed by atoms with E-state index < -0.39 is 0 Å². The Bertz CT molecular complexity index is 1120. The zero-order chi connectivity index (χ0) is 22.7. The van der Waals surface area contributed by atoms with Crippen LogP contribution in [0.25, 0.3) is 0 Å². The predicted octanol–water partition coefficient (Wildman–Crippen LogP) is 4.42. The summed E-state index contributed by atoms with van der Waals surface area (Å²) in [4.78, 5) is 26.6. The van der Waals surface area contributed by atoms with Gasteiger partial charge in [-0.2, -0.15) is 5.10 Å². The monoisotopic (exact) mass is 450 g/mol. The number of amides is 2. The fourth-order valence-electron chi connectivity index (χ4n) is 3.51. The minimum Gasteiger partial charge on any atom is -0.467 e. The summed E-state index contributed by atoms with van der Waals surface area (Å²) in [5.41, 5.74) is 3.03. The quantitative estimate of drug-likeness (QED) is 0.602. The summed E-state index contributed by atoms with van der Waals surface area (Å²) in [6, 6.07) is 17.7. The van der Waals surface area contributed by atoms with Crippen LogP contribution < -0.4 is 5.32 Å². The highest BCUT2D eigenvalue weighted by Gasteiger charge is 2.34. The van der Waals surface area contributed by atoms with Crippen LogP contribution in [0.15, 0.2) is 76.4 Å². The highest BCUT2D eigenvalue weighted by Crippen LogP contribution is 2.33. The van der Waals surface area contributed by atoms with Crippen molar-refractivity contribution in [1.29, 1.82) is 0 Å². The van der Waals surface area contributed by atoms with Crippen molar-refractivity contribution < 1.29 is 14.0 Å². The Kier molecular flexibility index (Phi) is 6.28. The van der Waals surface area contributed by atoms with Crippen molar-refractivity contribution in [3.8, 4) is 0 Å². The minimum atomic E-state index is -0.315. The molecule has 0 bridgehead atoms. The molecule has 2 heterocycles. The second kappa shape index (κ2) is 9.28. The highest BCUT2D eigenvalue weighted by atomic mass is 35.5. The van der Waals surface area contributed by atoms with Crippen LogP contribution in [0, 0.1) is 0 Å². The Morgan fingerprint density at radius 2 is 1.84 bits per heavy atom. The van der Waals surface area contributed by atoms with Gasteiger partial charge >= 0.3 is 0 Å². The van der Waals surface area contributed by atoms with Crippen LogP contribution in [-0.2, 0) is 4.79 Å². The molecule has 8 heteroatoms. The molecule has 1 atom stereocenters. The van der Waals surface area contributed by atoms with Crippen molar-refractivity contribution >= 4 is 34.8 Å². The van der Waals surface area contributed by atoms with Gasteiger partial charge in [0.25, 0.3) is 11.8 Å². The fraction of sp³-hybridized carbons (Fsp3) is 0.208. The van der Waals surface area contributed by atoms with Crippen molar-refractivity contribution in [1.82, 2.24) is 9.91 Å². The smallest absolute Gasteiger partial charge is 0.262 e. The Hall–Kier alpha value is -3.58. The number of anilines is 1. The number of furan rings is 1. The van der Waals surface area contributed by atoms with Gasteiger partial charge in [0, 0.05) is 36.8 Å². The molecule has 164 valence electrons. The maximum Gasteiger partial charge on any atom is 0.262 e. The first kappa shape index (κ1) is 21.6. The number of benzene rings is 2. The van der Waals surface area contributed by atoms with Crippen LogP contribution in [0.4, 0.5) is 5.69 Å². The van der Waals surface area contributed by atoms with Crippen LogP contribution >= 0.6 is 11.6 Å². The van der Waals surface area contributed by atoms with Gasteiger partial charge in [0.15, 0.2) is 0 Å². The Labute approximate surface area is 191 Å². The zero-order valence-corrected chi connectivity index (χ0v) is 18.5. The van der Waals surface area contributed by atoms with E-state index in [1.165, 1.54) is 9.91 Å². The first-order valence-electron chi connectivity index (χ1n) is 10.2. The third-order valence-corrected chi connectivity index (χ3v) is 5.45. The van der Waals surface area contributed by atoms with Crippen molar-refractivity contribution in [2.45, 2.75) is 12.5 Å². The molecule has 3 aromatic rings. The summed E-state index contributed by atoms with van der Waals surface area (Å²) in [5.74, 6) is 0.413. The van der Waals surface area contributed by atoms with Gasteiger partial charge in [0.2, 0.25) is 0 Å². The molecule has 1 aliphatic heterocycles. The van der Waals surface area contributed by atoms with Gasteiger partial charge in [-0.25, -0.2) is 5.01 Å². The molecule has 0 radical (unpaired) electrons. The topological polar surface area (TPSA) is 78.2 Å². The van der Waals surface area contributed by atoms with Gasteiger partial charge in [-0.3, -0.25) is 9.59 Å². The molecule has 32 heavy (non-hydrogen) atoms. The lowest BCUT2D eigenvalue weighted by atomic mass is 10.0. The normalized spacial score (nSPS) is 15.4. The SMILES string of the molecule is CN(C)C(=O)c1ccc(NCC(=O)N2N=C(c3ccc(Cl)cc3)C[C@H]2c2ccco2)cc1. The molecular formula is C24H23ClN4O3. The van der Waals surface area contributed by atoms with Crippen molar-refractivity contribution in [2.24, 2.45) is 5.10 Å². The van der Waals surface area contributed by atoms with Crippen molar-refractivity contribution in [3.63, 3.8) is 0 Å². The molecule has 1 aliphatic rings. The van der Waals surface area contributed by atoms with Gasteiger partial charge in [-0.05, 0) is 54.1 Å². The van der Waals surface area contributed by atoms with Crippen molar-refractivity contribution in [3.05, 3.63) is 88.8 Å². The lowest BCUT2D eigenvalue weighted by Crippen LogP contribution is -2.32. The lowest BCUT2D eigenvalue weighted by Gasteiger charge is -2.20. The third-order valence-electron chi connectivity index (χ3n) is 5.20. The molecule has 4 rings (SSSR count). The molecule has 1 aromatic heterocycles. The number of rotatable bonds is 6. The maximum atomic E-state index is 13.1. The number of hydrazone groups is 1. The first-order chi connectivity index (χ1) is 15.4. The summed E-state index contributed by atoms with van der Waals surface area (Å²) in [5, 5.41) is 9.83. The molecule has 0 saturated heterocycles. The molecule has 0 saturated carbocycles. The predicted molar refractivity (Wildman–Crippen MR) is 124 cm³/mol. The number of hydrogen-bond donors (Lipinski definition) is 1. The molecule has 2 amide bonds. The fourth-order valence-corrected chi connectivity index (χ4v) is 3.63. The van der Waals surface area contributed by atoms with E-state index in [0.717, 1.165) is 17.0 Å². The second-order valence-electron chi connectivity index (χ2n) is 7.66. The first-order valence-corrected chi connectivity index (χ1v) is 10.5. The van der Waals surface area contributed by atoms with E-state index in [0.29, 0.717) is 22.8 Å². The number of hydrogen-bond acceptors (Lipinski definition) is 5. The number of nitrogens with one attached hydrogen (secondary N) is 1. The van der Waals surface area contributed by atoms with Gasteiger partial charge in [-0.1, -0.05) is 23.7 Å². The lowest BCUT2D eigenvalue weighted by molar-refractivity contribution is -0.131. The summed E-state index contributed by atoms with van der Waals surface area (Å²) in [6.45, 7) is 0.0512. The van der Waals surface area contributed by atoms with E-state index in [9.17, 15) is 9.59 Å². The average molecular weight is 451 g/mol. The molecule has 0 unspecified atom stereocenters. The Balaban J connectivity index is 1.48. The third kappa shape index (κ3) is 4.68. The Morgan fingerprint density at radius 1 is 1.12 bits per heavy atom.